The van der Waals surface area contributed by atoms with Gasteiger partial charge in [0, 0.05) is 51.0 Å². The maximum absolute atomic E-state index is 12.2. The van der Waals surface area contributed by atoms with Gasteiger partial charge in [0.1, 0.15) is 0 Å². The van der Waals surface area contributed by atoms with E-state index in [1.54, 1.807) is 39.8 Å². The number of benzene rings is 1. The molecule has 29 heavy (non-hydrogen) atoms. The zero-order chi connectivity index (χ0) is 19.8. The van der Waals surface area contributed by atoms with Crippen molar-refractivity contribution in [3.8, 4) is 11.4 Å². The lowest BCUT2D eigenvalue weighted by atomic mass is 10.1. The van der Waals surface area contributed by atoms with E-state index in [1.807, 2.05) is 5.38 Å². The number of aromatic nitrogens is 5. The van der Waals surface area contributed by atoms with Gasteiger partial charge in [-0.15, -0.1) is 32.9 Å². The van der Waals surface area contributed by atoms with Crippen molar-refractivity contribution in [1.29, 1.82) is 0 Å². The highest BCUT2D eigenvalue weighted by Gasteiger charge is 2.17. The molecule has 4 heterocycles. The van der Waals surface area contributed by atoms with Gasteiger partial charge in [0.2, 0.25) is 0 Å². The Morgan fingerprint density at radius 1 is 1.17 bits per heavy atom. The van der Waals surface area contributed by atoms with E-state index in [9.17, 15) is 4.79 Å². The van der Waals surface area contributed by atoms with Gasteiger partial charge in [-0.2, -0.15) is 0 Å². The Balaban J connectivity index is 1.48. The van der Waals surface area contributed by atoms with Crippen LogP contribution in [0.5, 0.6) is 0 Å². The van der Waals surface area contributed by atoms with E-state index in [-0.39, 0.29) is 5.56 Å². The first-order valence-electron chi connectivity index (χ1n) is 9.23. The van der Waals surface area contributed by atoms with Crippen molar-refractivity contribution in [2.75, 3.05) is 0 Å². The van der Waals surface area contributed by atoms with Gasteiger partial charge in [0.05, 0.1) is 5.69 Å². The topological polar surface area (TPSA) is 65.1 Å². The smallest absolute Gasteiger partial charge is 0.258 e. The summed E-state index contributed by atoms with van der Waals surface area (Å²) < 4.78 is 4.99. The van der Waals surface area contributed by atoms with Crippen molar-refractivity contribution in [2.45, 2.75) is 30.8 Å². The molecule has 5 aromatic rings. The number of hydrogen-bond acceptors (Lipinski definition) is 7. The summed E-state index contributed by atoms with van der Waals surface area (Å²) in [6.07, 6.45) is 2.74. The fourth-order valence-corrected chi connectivity index (χ4v) is 5.81. The van der Waals surface area contributed by atoms with Crippen molar-refractivity contribution >= 4 is 49.5 Å². The average Bonchev–Trinajstić information content (AvgIpc) is 3.45. The molecule has 0 amide bonds. The van der Waals surface area contributed by atoms with Gasteiger partial charge < -0.3 is 4.57 Å². The second-order valence-electron chi connectivity index (χ2n) is 6.53. The Morgan fingerprint density at radius 2 is 2.07 bits per heavy atom. The highest BCUT2D eigenvalue weighted by molar-refractivity contribution is 7.98. The number of thioether (sulfide) groups is 1. The molecule has 0 bridgehead atoms. The Hall–Kier alpha value is -2.49. The summed E-state index contributed by atoms with van der Waals surface area (Å²) in [5.74, 6) is 1.48. The molecule has 0 aliphatic heterocycles. The Morgan fingerprint density at radius 3 is 2.97 bits per heavy atom. The third-order valence-electron chi connectivity index (χ3n) is 4.59. The largest absolute Gasteiger partial charge is 0.302 e. The minimum Gasteiger partial charge on any atom is -0.302 e. The predicted molar refractivity (Wildman–Crippen MR) is 120 cm³/mol. The van der Waals surface area contributed by atoms with E-state index in [0.29, 0.717) is 10.7 Å². The van der Waals surface area contributed by atoms with Crippen LogP contribution in [0.1, 0.15) is 19.0 Å². The highest BCUT2D eigenvalue weighted by atomic mass is 32.2. The van der Waals surface area contributed by atoms with Crippen LogP contribution in [0.2, 0.25) is 0 Å². The summed E-state index contributed by atoms with van der Waals surface area (Å²) in [6.45, 7) is 2.99. The molecule has 0 atom stereocenters. The molecule has 0 aliphatic carbocycles. The van der Waals surface area contributed by atoms with E-state index in [4.69, 9.17) is 0 Å². The molecule has 0 saturated heterocycles. The Labute approximate surface area is 178 Å². The molecule has 0 spiro atoms. The molecule has 1 aromatic carbocycles. The SMILES string of the molecule is CCCn1c(SCc2cc(=O)n3ccsc3n2)nnc1-c1csc2ccccc12. The van der Waals surface area contributed by atoms with Crippen molar-refractivity contribution in [1.82, 2.24) is 24.1 Å². The molecule has 0 saturated carbocycles. The van der Waals surface area contributed by atoms with E-state index >= 15 is 0 Å². The van der Waals surface area contributed by atoms with Crippen LogP contribution in [0.15, 0.2) is 57.2 Å². The molecule has 4 aromatic heterocycles. The molecule has 6 nitrogen and oxygen atoms in total. The van der Waals surface area contributed by atoms with Gasteiger partial charge in [-0.1, -0.05) is 36.9 Å². The maximum atomic E-state index is 12.2. The fraction of sp³-hybridized carbons (Fsp3) is 0.200. The van der Waals surface area contributed by atoms with Crippen LogP contribution in [0.3, 0.4) is 0 Å². The number of thiazole rings is 1. The minimum atomic E-state index is -0.0488. The summed E-state index contributed by atoms with van der Waals surface area (Å²) in [5, 5.41) is 15.1. The third kappa shape index (κ3) is 3.39. The van der Waals surface area contributed by atoms with Crippen molar-refractivity contribution in [3.63, 3.8) is 0 Å². The van der Waals surface area contributed by atoms with Crippen LogP contribution in [0, 0.1) is 0 Å². The van der Waals surface area contributed by atoms with E-state index in [1.165, 1.54) is 21.4 Å². The summed E-state index contributed by atoms with van der Waals surface area (Å²) in [4.78, 5) is 17.5. The van der Waals surface area contributed by atoms with E-state index in [2.05, 4.69) is 56.3 Å². The van der Waals surface area contributed by atoms with E-state index in [0.717, 1.165) is 35.2 Å². The lowest BCUT2D eigenvalue weighted by Crippen LogP contribution is -2.12. The Bertz CT molecular complexity index is 1360. The molecule has 0 radical (unpaired) electrons. The summed E-state index contributed by atoms with van der Waals surface area (Å²) in [7, 11) is 0. The standard InChI is InChI=1S/C20H17N5OS3/c1-2-7-25-18(15-12-28-16-6-4-3-5-14(15)16)22-23-20(25)29-11-13-10-17(26)24-8-9-27-19(24)21-13/h3-6,8-10,12H,2,7,11H2,1H3. The summed E-state index contributed by atoms with van der Waals surface area (Å²) in [6, 6.07) is 9.97. The molecule has 0 aliphatic rings. The van der Waals surface area contributed by atoms with Crippen LogP contribution < -0.4 is 5.56 Å². The van der Waals surface area contributed by atoms with Gasteiger partial charge >= 0.3 is 0 Å². The highest BCUT2D eigenvalue weighted by Crippen LogP contribution is 2.34. The summed E-state index contributed by atoms with van der Waals surface area (Å²) in [5.41, 5.74) is 1.83. The molecule has 9 heteroatoms. The zero-order valence-corrected chi connectivity index (χ0v) is 18.1. The van der Waals surface area contributed by atoms with Gasteiger partial charge in [-0.25, -0.2) is 4.98 Å². The molecule has 0 N–H and O–H groups in total. The molecule has 5 rings (SSSR count). The van der Waals surface area contributed by atoms with Gasteiger partial charge in [-0.3, -0.25) is 9.20 Å². The van der Waals surface area contributed by atoms with Crippen LogP contribution in [-0.2, 0) is 12.3 Å². The first-order valence-corrected chi connectivity index (χ1v) is 12.0. The quantitative estimate of drug-likeness (QED) is 0.351. The van der Waals surface area contributed by atoms with Crippen LogP contribution in [0.4, 0.5) is 0 Å². The first kappa shape index (κ1) is 18.5. The van der Waals surface area contributed by atoms with Crippen LogP contribution >= 0.6 is 34.4 Å². The maximum Gasteiger partial charge on any atom is 0.258 e. The minimum absolute atomic E-state index is 0.0488. The molecular weight excluding hydrogens is 422 g/mol. The van der Waals surface area contributed by atoms with Crippen molar-refractivity contribution in [2.24, 2.45) is 0 Å². The number of thiophene rings is 1. The average molecular weight is 440 g/mol. The number of fused-ring (bicyclic) bond motifs is 2. The predicted octanol–water partition coefficient (Wildman–Crippen LogP) is 4.93. The molecule has 146 valence electrons. The van der Waals surface area contributed by atoms with Gasteiger partial charge in [0.15, 0.2) is 15.9 Å². The Kier molecular flexibility index (Phi) is 4.94. The lowest BCUT2D eigenvalue weighted by Gasteiger charge is -2.08. The zero-order valence-electron chi connectivity index (χ0n) is 15.6. The molecule has 0 unspecified atom stereocenters. The van der Waals surface area contributed by atoms with Crippen molar-refractivity contribution in [3.05, 3.63) is 63.3 Å². The lowest BCUT2D eigenvalue weighted by molar-refractivity contribution is 0.626. The number of nitrogens with zero attached hydrogens (tertiary/aromatic N) is 5. The second kappa shape index (κ2) is 7.74. The van der Waals surface area contributed by atoms with E-state index < -0.39 is 0 Å². The normalized spacial score (nSPS) is 11.6. The molecule has 0 fully saturated rings. The van der Waals surface area contributed by atoms with Crippen LogP contribution in [0.25, 0.3) is 26.4 Å². The van der Waals surface area contributed by atoms with Gasteiger partial charge in [-0.05, 0) is 12.5 Å². The third-order valence-corrected chi connectivity index (χ3v) is 7.31. The fourth-order valence-electron chi connectivity index (χ4n) is 3.27. The number of rotatable bonds is 6. The monoisotopic (exact) mass is 439 g/mol. The second-order valence-corrected chi connectivity index (χ2v) is 9.26. The summed E-state index contributed by atoms with van der Waals surface area (Å²) >= 11 is 4.76. The number of hydrogen-bond donors (Lipinski definition) is 0. The first-order chi connectivity index (χ1) is 14.2. The van der Waals surface area contributed by atoms with Crippen LogP contribution in [-0.4, -0.2) is 24.1 Å². The molecular formula is C20H17N5OS3. The van der Waals surface area contributed by atoms with Gasteiger partial charge in [0.25, 0.3) is 5.56 Å². The van der Waals surface area contributed by atoms with Crippen molar-refractivity contribution < 1.29 is 0 Å².